The molecule has 1 nitrogen and oxygen atoms in total. The van der Waals surface area contributed by atoms with Crippen LogP contribution < -0.4 is 0 Å². The molecular formula is C24F50O. The van der Waals surface area contributed by atoms with E-state index in [1.807, 2.05) is 0 Å². The Balaban J connectivity index is 7.90. The van der Waals surface area contributed by atoms with Crippen molar-refractivity contribution in [3.8, 4) is 0 Å². The van der Waals surface area contributed by atoms with Gasteiger partial charge in [0.1, 0.15) is 0 Å². The van der Waals surface area contributed by atoms with Crippen molar-refractivity contribution in [2.45, 2.75) is 143 Å². The standard InChI is InChI=1S/C24F50O/c25-1(26,5(33,34)9(41,42)13(49,50)17(57,58)21(65,66)67)3(29,30)7(37,38)11(45,46)15(53,54)19(61,62)23(71,72)75-24(73,74)20(63,64)16(55,56)12(47,48)8(39,40)4(31,32)2(27,28)6(35,36)10(43,44)14(51,52)18(59,60)22(68,69)70. The highest BCUT2D eigenvalue weighted by Crippen LogP contribution is 2.71. The zero-order valence-corrected chi connectivity index (χ0v) is 31.3. The molecular weight excluding hydrogens is 1250 g/mol. The van der Waals surface area contributed by atoms with E-state index in [1.165, 1.54) is 0 Å². The lowest BCUT2D eigenvalue weighted by molar-refractivity contribution is -0.531. The van der Waals surface area contributed by atoms with Crippen LogP contribution in [0, 0.1) is 0 Å². The Morgan fingerprint density at radius 2 is 0.187 bits per heavy atom. The van der Waals surface area contributed by atoms with Gasteiger partial charge >= 0.3 is 143 Å². The molecule has 0 atom stereocenters. The van der Waals surface area contributed by atoms with Crippen LogP contribution in [0.15, 0.2) is 0 Å². The summed E-state index contributed by atoms with van der Waals surface area (Å²) in [6.07, 6.45) is -37.3. The molecule has 0 radical (unpaired) electrons. The van der Waals surface area contributed by atoms with Gasteiger partial charge in [-0.2, -0.15) is 220 Å². The number of halogens is 50. The van der Waals surface area contributed by atoms with Crippen molar-refractivity contribution in [1.82, 2.24) is 0 Å². The summed E-state index contributed by atoms with van der Waals surface area (Å²) < 4.78 is 674. The average Bonchev–Trinajstić information content (AvgIpc) is 3.14. The summed E-state index contributed by atoms with van der Waals surface area (Å²) >= 11 is 0. The van der Waals surface area contributed by atoms with Gasteiger partial charge in [-0.15, -0.1) is 0 Å². The largest absolute Gasteiger partial charge is 0.460 e. The van der Waals surface area contributed by atoms with Gasteiger partial charge in [0.2, 0.25) is 0 Å². The summed E-state index contributed by atoms with van der Waals surface area (Å²) in [5, 5.41) is 0. The van der Waals surface area contributed by atoms with Crippen molar-refractivity contribution in [1.29, 1.82) is 0 Å². The van der Waals surface area contributed by atoms with Gasteiger partial charge in [0.05, 0.1) is 0 Å². The van der Waals surface area contributed by atoms with Gasteiger partial charge < -0.3 is 0 Å². The normalized spacial score (nSPS) is 17.5. The van der Waals surface area contributed by atoms with E-state index in [-0.39, 0.29) is 4.74 Å². The van der Waals surface area contributed by atoms with E-state index in [0.717, 1.165) is 0 Å². The lowest BCUT2D eigenvalue weighted by Gasteiger charge is -2.46. The summed E-state index contributed by atoms with van der Waals surface area (Å²) in [6.45, 7) is 0. The van der Waals surface area contributed by atoms with Crippen molar-refractivity contribution in [3.63, 3.8) is 0 Å². The molecule has 51 heteroatoms. The maximum atomic E-state index is 14.0. The molecule has 0 fully saturated rings. The smallest absolute Gasteiger partial charge is 0.245 e. The number of hydrogen-bond acceptors (Lipinski definition) is 1. The van der Waals surface area contributed by atoms with E-state index in [0.29, 0.717) is 0 Å². The fourth-order valence-corrected chi connectivity index (χ4v) is 4.17. The molecule has 452 valence electrons. The molecule has 0 aromatic carbocycles. The molecule has 0 aliphatic carbocycles. The molecule has 0 saturated heterocycles. The van der Waals surface area contributed by atoms with Crippen LogP contribution >= 0.6 is 0 Å². The molecule has 0 amide bonds. The van der Waals surface area contributed by atoms with E-state index in [2.05, 4.69) is 0 Å². The summed E-state index contributed by atoms with van der Waals surface area (Å²) in [7, 11) is 0. The number of ether oxygens (including phenoxy) is 1. The predicted octanol–water partition coefficient (Wildman–Crippen LogP) is 16.0. The molecule has 0 unspecified atom stereocenters. The Morgan fingerprint density at radius 1 is 0.107 bits per heavy atom. The van der Waals surface area contributed by atoms with Crippen LogP contribution in [0.2, 0.25) is 0 Å². The van der Waals surface area contributed by atoms with Crippen LogP contribution in [-0.2, 0) is 4.74 Å². The second kappa shape index (κ2) is 17.0. The van der Waals surface area contributed by atoms with Crippen LogP contribution in [0.1, 0.15) is 0 Å². The Hall–Kier alpha value is -3.54. The maximum absolute atomic E-state index is 14.0. The molecule has 0 saturated carbocycles. The quantitative estimate of drug-likeness (QED) is 0.0982. The SMILES string of the molecule is FC(F)(F)C(F)(F)C(F)(F)C(F)(F)C(F)(F)C(F)(F)C(F)(F)C(F)(F)C(F)(F)C(F)(F)C(F)(F)C(F)(F)OC(F)(F)C(F)(F)C(F)(F)C(F)(F)C(F)(F)C(F)(F)C(F)(F)C(F)(F)C(F)(F)C(F)(F)C(F)(F)C(F)(F)F. The fraction of sp³-hybridized carbons (Fsp3) is 1.00. The third kappa shape index (κ3) is 8.22. The minimum atomic E-state index is -10.6. The molecule has 0 aromatic heterocycles. The molecule has 0 heterocycles. The highest BCUT2D eigenvalue weighted by atomic mass is 19.5. The molecule has 0 spiro atoms. The van der Waals surface area contributed by atoms with Crippen molar-refractivity contribution in [2.75, 3.05) is 0 Å². The highest BCUT2D eigenvalue weighted by Gasteiger charge is 3.03. The van der Waals surface area contributed by atoms with Crippen LogP contribution in [-0.4, -0.2) is 143 Å². The molecule has 75 heavy (non-hydrogen) atoms. The first-order valence-electron chi connectivity index (χ1n) is 15.4. The van der Waals surface area contributed by atoms with Gasteiger partial charge in [-0.05, 0) is 0 Å². The maximum Gasteiger partial charge on any atom is 0.460 e. The third-order valence-corrected chi connectivity index (χ3v) is 8.80. The monoisotopic (exact) mass is 1250 g/mol. The third-order valence-electron chi connectivity index (χ3n) is 8.80. The first kappa shape index (κ1) is 71.5. The van der Waals surface area contributed by atoms with Crippen LogP contribution in [0.5, 0.6) is 0 Å². The number of alkyl halides is 50. The molecule has 0 rings (SSSR count). The van der Waals surface area contributed by atoms with Gasteiger partial charge in [-0.25, -0.2) is 4.74 Å². The van der Waals surface area contributed by atoms with Crippen molar-refractivity contribution in [2.24, 2.45) is 0 Å². The van der Waals surface area contributed by atoms with Crippen LogP contribution in [0.3, 0.4) is 0 Å². The van der Waals surface area contributed by atoms with Crippen molar-refractivity contribution >= 4 is 0 Å². The van der Waals surface area contributed by atoms with Crippen molar-refractivity contribution < 1.29 is 224 Å². The average molecular weight is 1250 g/mol. The van der Waals surface area contributed by atoms with Gasteiger partial charge in [0.15, 0.2) is 0 Å². The molecule has 0 aliphatic heterocycles. The van der Waals surface area contributed by atoms with E-state index in [1.54, 1.807) is 0 Å². The van der Waals surface area contributed by atoms with Gasteiger partial charge in [0, 0.05) is 0 Å². The molecule has 0 N–H and O–H groups in total. The van der Waals surface area contributed by atoms with E-state index in [9.17, 15) is 220 Å². The summed E-state index contributed by atoms with van der Waals surface area (Å²) in [6, 6.07) is 0. The van der Waals surface area contributed by atoms with E-state index >= 15 is 0 Å². The number of rotatable bonds is 22. The topological polar surface area (TPSA) is 9.23 Å². The molecule has 0 aliphatic rings. The molecule has 0 aromatic rings. The van der Waals surface area contributed by atoms with Gasteiger partial charge in [0.25, 0.3) is 0 Å². The lowest BCUT2D eigenvalue weighted by atomic mass is 9.85. The zero-order chi connectivity index (χ0) is 62.7. The summed E-state index contributed by atoms with van der Waals surface area (Å²) in [5.74, 6) is -204. The Kier molecular flexibility index (Phi) is 16.2. The van der Waals surface area contributed by atoms with Crippen LogP contribution in [0.25, 0.3) is 0 Å². The predicted molar refractivity (Wildman–Crippen MR) is 122 cm³/mol. The van der Waals surface area contributed by atoms with Gasteiger partial charge in [-0.1, -0.05) is 0 Å². The van der Waals surface area contributed by atoms with E-state index < -0.39 is 143 Å². The second-order valence-electron chi connectivity index (χ2n) is 13.6. The Morgan fingerprint density at radius 3 is 0.280 bits per heavy atom. The minimum absolute atomic E-state index is 0.155. The summed E-state index contributed by atoms with van der Waals surface area (Å²) in [4.78, 5) is 0. The molecule has 0 bridgehead atoms. The first-order valence-corrected chi connectivity index (χ1v) is 15.4. The lowest BCUT2D eigenvalue weighted by Crippen LogP contribution is -2.79. The van der Waals surface area contributed by atoms with Crippen molar-refractivity contribution in [3.05, 3.63) is 0 Å². The fourth-order valence-electron chi connectivity index (χ4n) is 4.17. The van der Waals surface area contributed by atoms with Gasteiger partial charge in [-0.3, -0.25) is 0 Å². The first-order chi connectivity index (χ1) is 31.2. The number of hydrogen-bond donors (Lipinski definition) is 0. The highest BCUT2D eigenvalue weighted by molar-refractivity contribution is 5.22. The Labute approximate surface area is 369 Å². The minimum Gasteiger partial charge on any atom is -0.245 e. The summed E-state index contributed by atoms with van der Waals surface area (Å²) in [5.41, 5.74) is 0. The van der Waals surface area contributed by atoms with E-state index in [4.69, 9.17) is 0 Å². The Bertz CT molecular complexity index is 1910. The zero-order valence-electron chi connectivity index (χ0n) is 31.3. The van der Waals surface area contributed by atoms with Crippen LogP contribution in [0.4, 0.5) is 220 Å². The second-order valence-corrected chi connectivity index (χ2v) is 13.6.